The molecule has 3 aromatic carbocycles. The minimum Gasteiger partial charge on any atom is -0.322 e. The van der Waals surface area contributed by atoms with Crippen molar-refractivity contribution in [3.05, 3.63) is 113 Å². The van der Waals surface area contributed by atoms with E-state index in [0.29, 0.717) is 22.4 Å². The highest BCUT2D eigenvalue weighted by Gasteiger charge is 2.19. The first kappa shape index (κ1) is 21.7. The van der Waals surface area contributed by atoms with Gasteiger partial charge in [-0.05, 0) is 43.7 Å². The van der Waals surface area contributed by atoms with E-state index >= 15 is 0 Å². The first-order chi connectivity index (χ1) is 16.5. The number of hydrogen-bond acceptors (Lipinski definition) is 5. The summed E-state index contributed by atoms with van der Waals surface area (Å²) in [6.07, 6.45) is 1.75. The predicted octanol–water partition coefficient (Wildman–Crippen LogP) is 6.46. The summed E-state index contributed by atoms with van der Waals surface area (Å²) in [6.45, 7) is 3.90. The summed E-state index contributed by atoms with van der Waals surface area (Å²) in [4.78, 5) is 36.3. The largest absolute Gasteiger partial charge is 0.322 e. The Bertz CT molecular complexity index is 1500. The molecule has 0 atom stereocenters. The molecule has 2 aromatic heterocycles. The molecule has 5 nitrogen and oxygen atoms in total. The van der Waals surface area contributed by atoms with Gasteiger partial charge in [0.15, 0.2) is 5.78 Å². The predicted molar refractivity (Wildman–Crippen MR) is 137 cm³/mol. The van der Waals surface area contributed by atoms with Crippen LogP contribution < -0.4 is 5.32 Å². The molecule has 34 heavy (non-hydrogen) atoms. The van der Waals surface area contributed by atoms with Crippen molar-refractivity contribution in [2.24, 2.45) is 0 Å². The van der Waals surface area contributed by atoms with Crippen LogP contribution in [0.15, 0.2) is 85.1 Å². The average Bonchev–Trinajstić information content (AvgIpc) is 3.30. The number of aromatic nitrogens is 2. The second kappa shape index (κ2) is 9.00. The number of nitrogens with one attached hydrogen (secondary N) is 1. The SMILES string of the molecule is Cc1ccc(C(=O)c2ccccc2C(=O)Nc2cc(-c3nc4cccnc4s3)ccc2C)cc1. The normalized spacial score (nSPS) is 10.9. The topological polar surface area (TPSA) is 72.0 Å². The molecule has 0 aliphatic heterocycles. The van der Waals surface area contributed by atoms with E-state index in [2.05, 4.69) is 15.3 Å². The lowest BCUT2D eigenvalue weighted by molar-refractivity contribution is 0.0996. The lowest BCUT2D eigenvalue weighted by atomic mass is 9.97. The second-order valence-corrected chi connectivity index (χ2v) is 9.05. The number of amides is 1. The summed E-state index contributed by atoms with van der Waals surface area (Å²) in [6, 6.07) is 23.9. The van der Waals surface area contributed by atoms with Crippen LogP contribution in [0.1, 0.15) is 37.4 Å². The minimum absolute atomic E-state index is 0.182. The van der Waals surface area contributed by atoms with Gasteiger partial charge in [0.05, 0.1) is 5.56 Å². The number of aryl methyl sites for hydroxylation is 2. The minimum atomic E-state index is -0.331. The molecular formula is C28H21N3O2S. The zero-order chi connectivity index (χ0) is 23.7. The van der Waals surface area contributed by atoms with Gasteiger partial charge < -0.3 is 5.32 Å². The van der Waals surface area contributed by atoms with Crippen LogP contribution in [0, 0.1) is 13.8 Å². The number of fused-ring (bicyclic) bond motifs is 1. The van der Waals surface area contributed by atoms with Gasteiger partial charge in [-0.1, -0.05) is 71.5 Å². The van der Waals surface area contributed by atoms with Crippen molar-refractivity contribution in [3.8, 4) is 10.6 Å². The smallest absolute Gasteiger partial charge is 0.256 e. The number of carbonyl (C=O) groups excluding carboxylic acids is 2. The van der Waals surface area contributed by atoms with Crippen molar-refractivity contribution in [1.82, 2.24) is 9.97 Å². The molecule has 6 heteroatoms. The van der Waals surface area contributed by atoms with Crippen LogP contribution in [0.25, 0.3) is 20.9 Å². The van der Waals surface area contributed by atoms with Gasteiger partial charge in [0.25, 0.3) is 5.91 Å². The molecule has 0 bridgehead atoms. The third-order valence-electron chi connectivity index (χ3n) is 5.63. The molecule has 0 aliphatic rings. The fourth-order valence-electron chi connectivity index (χ4n) is 3.71. The Hall–Kier alpha value is -4.16. The van der Waals surface area contributed by atoms with Crippen molar-refractivity contribution in [3.63, 3.8) is 0 Å². The van der Waals surface area contributed by atoms with Gasteiger partial charge in [-0.3, -0.25) is 9.59 Å². The number of nitrogens with zero attached hydrogens (tertiary/aromatic N) is 2. The molecule has 2 heterocycles. The molecule has 1 amide bonds. The highest BCUT2D eigenvalue weighted by Crippen LogP contribution is 2.31. The summed E-state index contributed by atoms with van der Waals surface area (Å²) in [7, 11) is 0. The van der Waals surface area contributed by atoms with Crippen molar-refractivity contribution in [2.45, 2.75) is 13.8 Å². The Morgan fingerprint density at radius 2 is 1.62 bits per heavy atom. The highest BCUT2D eigenvalue weighted by atomic mass is 32.1. The number of pyridine rings is 1. The number of rotatable bonds is 5. The van der Waals surface area contributed by atoms with Gasteiger partial charge in [-0.15, -0.1) is 0 Å². The van der Waals surface area contributed by atoms with Gasteiger partial charge >= 0.3 is 0 Å². The molecule has 5 rings (SSSR count). The first-order valence-electron chi connectivity index (χ1n) is 10.8. The number of ketones is 1. The molecule has 5 aromatic rings. The Kier molecular flexibility index (Phi) is 5.74. The molecule has 0 radical (unpaired) electrons. The number of hydrogen-bond donors (Lipinski definition) is 1. The van der Waals surface area contributed by atoms with Gasteiger partial charge in [0.1, 0.15) is 15.4 Å². The maximum atomic E-state index is 13.3. The lowest BCUT2D eigenvalue weighted by Crippen LogP contribution is -2.17. The third kappa shape index (κ3) is 4.23. The molecule has 0 unspecified atom stereocenters. The van der Waals surface area contributed by atoms with Gasteiger partial charge in [0, 0.05) is 28.6 Å². The summed E-state index contributed by atoms with van der Waals surface area (Å²) in [5, 5.41) is 3.83. The molecule has 166 valence electrons. The van der Waals surface area contributed by atoms with Gasteiger partial charge in [-0.2, -0.15) is 0 Å². The summed E-state index contributed by atoms with van der Waals surface area (Å²) >= 11 is 1.51. The van der Waals surface area contributed by atoms with E-state index in [-0.39, 0.29) is 11.7 Å². The van der Waals surface area contributed by atoms with Crippen LogP contribution in [0.4, 0.5) is 5.69 Å². The molecule has 1 N–H and O–H groups in total. The van der Waals surface area contributed by atoms with Crippen LogP contribution in [0.3, 0.4) is 0 Å². The van der Waals surface area contributed by atoms with Gasteiger partial charge in [0.2, 0.25) is 0 Å². The molecule has 0 saturated heterocycles. The van der Waals surface area contributed by atoms with E-state index in [0.717, 1.165) is 32.0 Å². The molecule has 0 fully saturated rings. The third-order valence-corrected chi connectivity index (χ3v) is 6.66. The van der Waals surface area contributed by atoms with Crippen LogP contribution in [0.5, 0.6) is 0 Å². The molecule has 0 spiro atoms. The van der Waals surface area contributed by atoms with Crippen LogP contribution in [-0.4, -0.2) is 21.7 Å². The molecular weight excluding hydrogens is 442 g/mol. The first-order valence-corrected chi connectivity index (χ1v) is 11.7. The zero-order valence-corrected chi connectivity index (χ0v) is 19.5. The zero-order valence-electron chi connectivity index (χ0n) is 18.7. The van der Waals surface area contributed by atoms with Crippen LogP contribution >= 0.6 is 11.3 Å². The Labute approximate surface area is 201 Å². The fourth-order valence-corrected chi connectivity index (χ4v) is 4.62. The molecule has 0 saturated carbocycles. The Morgan fingerprint density at radius 1 is 0.853 bits per heavy atom. The number of carbonyl (C=O) groups is 2. The lowest BCUT2D eigenvalue weighted by Gasteiger charge is -2.12. The average molecular weight is 464 g/mol. The number of anilines is 1. The fraction of sp³-hybridized carbons (Fsp3) is 0.0714. The van der Waals surface area contributed by atoms with E-state index in [9.17, 15) is 9.59 Å². The van der Waals surface area contributed by atoms with E-state index in [1.54, 1.807) is 42.6 Å². The Morgan fingerprint density at radius 3 is 2.38 bits per heavy atom. The number of benzene rings is 3. The van der Waals surface area contributed by atoms with Crippen molar-refractivity contribution < 1.29 is 9.59 Å². The van der Waals surface area contributed by atoms with E-state index in [1.165, 1.54) is 11.3 Å². The van der Waals surface area contributed by atoms with E-state index in [4.69, 9.17) is 0 Å². The quantitative estimate of drug-likeness (QED) is 0.304. The highest BCUT2D eigenvalue weighted by molar-refractivity contribution is 7.21. The van der Waals surface area contributed by atoms with Crippen molar-refractivity contribution >= 4 is 39.1 Å². The summed E-state index contributed by atoms with van der Waals surface area (Å²) < 4.78 is 0. The standard InChI is InChI=1S/C28H21N3O2S/c1-17-9-12-19(13-10-17)25(32)21-6-3-4-7-22(21)26(33)30-24-16-20(14-11-18(24)2)27-31-23-8-5-15-29-28(23)34-27/h3-16H,1-2H3,(H,30,33). The van der Waals surface area contributed by atoms with Crippen LogP contribution in [-0.2, 0) is 0 Å². The summed E-state index contributed by atoms with van der Waals surface area (Å²) in [5.41, 5.74) is 5.66. The molecule has 0 aliphatic carbocycles. The van der Waals surface area contributed by atoms with Crippen molar-refractivity contribution in [1.29, 1.82) is 0 Å². The maximum Gasteiger partial charge on any atom is 0.256 e. The van der Waals surface area contributed by atoms with E-state index in [1.807, 2.05) is 56.3 Å². The maximum absolute atomic E-state index is 13.3. The second-order valence-electron chi connectivity index (χ2n) is 8.07. The Balaban J connectivity index is 1.45. The number of thiazole rings is 1. The summed E-state index contributed by atoms with van der Waals surface area (Å²) in [5.74, 6) is -0.513. The van der Waals surface area contributed by atoms with Gasteiger partial charge in [-0.25, -0.2) is 9.97 Å². The van der Waals surface area contributed by atoms with Crippen molar-refractivity contribution in [2.75, 3.05) is 5.32 Å². The van der Waals surface area contributed by atoms with Crippen LogP contribution in [0.2, 0.25) is 0 Å². The monoisotopic (exact) mass is 463 g/mol. The van der Waals surface area contributed by atoms with E-state index < -0.39 is 0 Å².